The van der Waals surface area contributed by atoms with E-state index >= 15 is 0 Å². The topological polar surface area (TPSA) is 75.4 Å². The van der Waals surface area contributed by atoms with Crippen LogP contribution < -0.4 is 10.2 Å². The fraction of sp³-hybridized carbons (Fsp3) is 0.333. The Morgan fingerprint density at radius 1 is 1.28 bits per heavy atom. The lowest BCUT2D eigenvalue weighted by Crippen LogP contribution is -2.37. The summed E-state index contributed by atoms with van der Waals surface area (Å²) in [5, 5.41) is 11.2. The van der Waals surface area contributed by atoms with E-state index in [0.29, 0.717) is 6.42 Å². The molecule has 0 spiro atoms. The first kappa shape index (κ1) is 15.6. The maximum atomic E-state index is 12.2. The summed E-state index contributed by atoms with van der Waals surface area (Å²) in [5.74, 6) is 0.922. The average molecular weight is 336 g/mol. The predicted molar refractivity (Wildman–Crippen MR) is 94.3 cm³/mol. The number of carbonyl (C=O) groups excluding carboxylic acids is 1. The molecule has 0 bridgehead atoms. The SMILES string of the molecule is O=C(CCc1ccccc1)N[C@@H]1CCN(c2nccn3cnnc23)C1. The molecule has 1 aliphatic rings. The van der Waals surface area contributed by atoms with E-state index < -0.39 is 0 Å². The molecule has 3 heterocycles. The van der Waals surface area contributed by atoms with Crippen molar-refractivity contribution in [2.75, 3.05) is 18.0 Å². The molecule has 1 aromatic carbocycles. The quantitative estimate of drug-likeness (QED) is 0.763. The highest BCUT2D eigenvalue weighted by Gasteiger charge is 2.26. The Kier molecular flexibility index (Phi) is 4.28. The molecule has 1 amide bonds. The van der Waals surface area contributed by atoms with Crippen LogP contribution in [0.5, 0.6) is 0 Å². The number of amides is 1. The Balaban J connectivity index is 1.33. The van der Waals surface area contributed by atoms with E-state index in [1.54, 1.807) is 12.5 Å². The minimum Gasteiger partial charge on any atom is -0.352 e. The molecular formula is C18H20N6O. The highest BCUT2D eigenvalue weighted by molar-refractivity contribution is 5.76. The molecule has 0 unspecified atom stereocenters. The number of benzene rings is 1. The van der Waals surface area contributed by atoms with Crippen molar-refractivity contribution in [1.82, 2.24) is 24.9 Å². The predicted octanol–water partition coefficient (Wildman–Crippen LogP) is 1.45. The van der Waals surface area contributed by atoms with Crippen molar-refractivity contribution in [3.05, 3.63) is 54.6 Å². The molecule has 1 aliphatic heterocycles. The van der Waals surface area contributed by atoms with Crippen LogP contribution in [-0.4, -0.2) is 44.6 Å². The largest absolute Gasteiger partial charge is 0.352 e. The fourth-order valence-corrected chi connectivity index (χ4v) is 3.24. The summed E-state index contributed by atoms with van der Waals surface area (Å²) in [5.41, 5.74) is 1.94. The second-order valence-electron chi connectivity index (χ2n) is 6.30. The van der Waals surface area contributed by atoms with Gasteiger partial charge in [-0.1, -0.05) is 30.3 Å². The smallest absolute Gasteiger partial charge is 0.220 e. The molecule has 128 valence electrons. The number of fused-ring (bicyclic) bond motifs is 1. The van der Waals surface area contributed by atoms with Crippen LogP contribution >= 0.6 is 0 Å². The van der Waals surface area contributed by atoms with Gasteiger partial charge in [0.25, 0.3) is 0 Å². The fourth-order valence-electron chi connectivity index (χ4n) is 3.24. The Hall–Kier alpha value is -2.96. The van der Waals surface area contributed by atoms with E-state index in [-0.39, 0.29) is 11.9 Å². The van der Waals surface area contributed by atoms with Crippen molar-refractivity contribution in [2.24, 2.45) is 0 Å². The monoisotopic (exact) mass is 336 g/mol. The highest BCUT2D eigenvalue weighted by atomic mass is 16.1. The van der Waals surface area contributed by atoms with Crippen LogP contribution in [0.3, 0.4) is 0 Å². The van der Waals surface area contributed by atoms with Crippen LogP contribution in [0.1, 0.15) is 18.4 Å². The summed E-state index contributed by atoms with van der Waals surface area (Å²) in [6.45, 7) is 1.60. The molecule has 7 heteroatoms. The molecule has 0 aliphatic carbocycles. The van der Waals surface area contributed by atoms with E-state index in [2.05, 4.69) is 37.5 Å². The van der Waals surface area contributed by atoms with E-state index in [0.717, 1.165) is 37.4 Å². The molecule has 3 aromatic rings. The summed E-state index contributed by atoms with van der Waals surface area (Å²) in [6, 6.07) is 10.2. The van der Waals surface area contributed by atoms with Crippen LogP contribution in [0.2, 0.25) is 0 Å². The zero-order valence-electron chi connectivity index (χ0n) is 13.9. The minimum absolute atomic E-state index is 0.101. The Morgan fingerprint density at radius 3 is 3.04 bits per heavy atom. The van der Waals surface area contributed by atoms with Gasteiger partial charge in [-0.05, 0) is 18.4 Å². The third kappa shape index (κ3) is 3.45. The molecule has 7 nitrogen and oxygen atoms in total. The summed E-state index contributed by atoms with van der Waals surface area (Å²) < 4.78 is 1.86. The lowest BCUT2D eigenvalue weighted by atomic mass is 10.1. The Labute approximate surface area is 145 Å². The second kappa shape index (κ2) is 6.88. The summed E-state index contributed by atoms with van der Waals surface area (Å²) >= 11 is 0. The van der Waals surface area contributed by atoms with Gasteiger partial charge in [0.05, 0.1) is 0 Å². The minimum atomic E-state index is 0.101. The number of aryl methyl sites for hydroxylation is 1. The molecule has 1 saturated heterocycles. The van der Waals surface area contributed by atoms with E-state index in [1.807, 2.05) is 28.8 Å². The number of rotatable bonds is 5. The molecular weight excluding hydrogens is 316 g/mol. The number of aromatic nitrogens is 4. The Bertz CT molecular complexity index is 862. The lowest BCUT2D eigenvalue weighted by molar-refractivity contribution is -0.121. The third-order valence-corrected chi connectivity index (χ3v) is 4.53. The molecule has 2 aromatic heterocycles. The molecule has 0 radical (unpaired) electrons. The number of nitrogens with zero attached hydrogens (tertiary/aromatic N) is 5. The second-order valence-corrected chi connectivity index (χ2v) is 6.30. The van der Waals surface area contributed by atoms with E-state index in [1.165, 1.54) is 5.56 Å². The number of carbonyl (C=O) groups is 1. The first-order valence-corrected chi connectivity index (χ1v) is 8.52. The first-order valence-electron chi connectivity index (χ1n) is 8.52. The summed E-state index contributed by atoms with van der Waals surface area (Å²) in [4.78, 5) is 18.8. The van der Waals surface area contributed by atoms with Gasteiger partial charge in [0.1, 0.15) is 6.33 Å². The maximum Gasteiger partial charge on any atom is 0.220 e. The normalized spacial score (nSPS) is 17.1. The van der Waals surface area contributed by atoms with Gasteiger partial charge in [-0.25, -0.2) is 4.98 Å². The molecule has 4 rings (SSSR count). The number of hydrogen-bond acceptors (Lipinski definition) is 5. The summed E-state index contributed by atoms with van der Waals surface area (Å²) in [6.07, 6.45) is 7.44. The lowest BCUT2D eigenvalue weighted by Gasteiger charge is -2.18. The van der Waals surface area contributed by atoms with Gasteiger partial charge in [-0.15, -0.1) is 10.2 Å². The van der Waals surface area contributed by atoms with Gasteiger partial charge < -0.3 is 10.2 Å². The van der Waals surface area contributed by atoms with Crippen LogP contribution in [0.25, 0.3) is 5.65 Å². The van der Waals surface area contributed by atoms with Gasteiger partial charge in [0, 0.05) is 37.9 Å². The van der Waals surface area contributed by atoms with Crippen LogP contribution in [0.4, 0.5) is 5.82 Å². The molecule has 1 fully saturated rings. The zero-order valence-corrected chi connectivity index (χ0v) is 13.9. The van der Waals surface area contributed by atoms with Gasteiger partial charge in [0.15, 0.2) is 5.82 Å². The summed E-state index contributed by atoms with van der Waals surface area (Å²) in [7, 11) is 0. The van der Waals surface area contributed by atoms with Crippen LogP contribution in [0.15, 0.2) is 49.1 Å². The molecule has 1 N–H and O–H groups in total. The standard InChI is InChI=1S/C18H20N6O/c25-16(7-6-14-4-2-1-3-5-14)21-15-8-10-23(12-15)17-18-22-20-13-24(18)11-9-19-17/h1-5,9,11,13,15H,6-8,10,12H2,(H,21,25)/t15-/m1/s1. The highest BCUT2D eigenvalue weighted by Crippen LogP contribution is 2.21. The van der Waals surface area contributed by atoms with Gasteiger partial charge >= 0.3 is 0 Å². The van der Waals surface area contributed by atoms with Crippen LogP contribution in [-0.2, 0) is 11.2 Å². The van der Waals surface area contributed by atoms with Crippen LogP contribution in [0, 0.1) is 0 Å². The van der Waals surface area contributed by atoms with Crippen molar-refractivity contribution >= 4 is 17.4 Å². The average Bonchev–Trinajstić information content (AvgIpc) is 3.30. The van der Waals surface area contributed by atoms with Crippen molar-refractivity contribution < 1.29 is 4.79 Å². The van der Waals surface area contributed by atoms with E-state index in [9.17, 15) is 4.79 Å². The van der Waals surface area contributed by atoms with Crippen molar-refractivity contribution in [3.8, 4) is 0 Å². The molecule has 25 heavy (non-hydrogen) atoms. The molecule has 1 atom stereocenters. The maximum absolute atomic E-state index is 12.2. The molecule has 0 saturated carbocycles. The van der Waals surface area contributed by atoms with Gasteiger partial charge in [0.2, 0.25) is 11.6 Å². The van der Waals surface area contributed by atoms with E-state index in [4.69, 9.17) is 0 Å². The van der Waals surface area contributed by atoms with Crippen molar-refractivity contribution in [3.63, 3.8) is 0 Å². The number of hydrogen-bond donors (Lipinski definition) is 1. The number of anilines is 1. The van der Waals surface area contributed by atoms with Gasteiger partial charge in [-0.2, -0.15) is 0 Å². The number of nitrogens with one attached hydrogen (secondary N) is 1. The first-order chi connectivity index (χ1) is 12.3. The van der Waals surface area contributed by atoms with Crippen molar-refractivity contribution in [2.45, 2.75) is 25.3 Å². The van der Waals surface area contributed by atoms with Gasteiger partial charge in [-0.3, -0.25) is 9.20 Å². The Morgan fingerprint density at radius 2 is 2.16 bits per heavy atom. The third-order valence-electron chi connectivity index (χ3n) is 4.53. The zero-order chi connectivity index (χ0) is 17.1. The van der Waals surface area contributed by atoms with Crippen molar-refractivity contribution in [1.29, 1.82) is 0 Å².